The van der Waals surface area contributed by atoms with E-state index in [1.807, 2.05) is 25.1 Å². The summed E-state index contributed by atoms with van der Waals surface area (Å²) in [6, 6.07) is 12.7. The third kappa shape index (κ3) is 4.90. The number of non-ortho nitro benzene ring substituents is 1. The molecule has 4 rings (SSSR count). The summed E-state index contributed by atoms with van der Waals surface area (Å²) in [5.41, 5.74) is 3.57. The fourth-order valence-corrected chi connectivity index (χ4v) is 5.21. The number of nitro benzene ring substituents is 1. The maximum absolute atomic E-state index is 12.8. The van der Waals surface area contributed by atoms with Crippen LogP contribution in [0.3, 0.4) is 0 Å². The molecule has 0 saturated carbocycles. The molecule has 0 saturated heterocycles. The molecule has 0 spiro atoms. The molecule has 2 aromatic carbocycles. The van der Waals surface area contributed by atoms with E-state index in [0.29, 0.717) is 23.7 Å². The number of nitro groups is 1. The number of carbonyl (C=O) groups excluding carboxylic acids is 1. The van der Waals surface area contributed by atoms with Gasteiger partial charge in [-0.05, 0) is 53.6 Å². The Balaban J connectivity index is 1.54. The van der Waals surface area contributed by atoms with Crippen LogP contribution in [0.4, 0.5) is 11.4 Å². The van der Waals surface area contributed by atoms with Gasteiger partial charge in [0.2, 0.25) is 5.91 Å². The van der Waals surface area contributed by atoms with Gasteiger partial charge in [0.05, 0.1) is 30.9 Å². The minimum Gasteiger partial charge on any atom is -0.493 e. The van der Waals surface area contributed by atoms with E-state index >= 15 is 0 Å². The van der Waals surface area contributed by atoms with Crippen LogP contribution >= 0.6 is 11.3 Å². The Hall–Kier alpha value is -3.43. The molecule has 1 atom stereocenters. The summed E-state index contributed by atoms with van der Waals surface area (Å²) < 4.78 is 11.0. The van der Waals surface area contributed by atoms with Gasteiger partial charge in [0.15, 0.2) is 11.5 Å². The van der Waals surface area contributed by atoms with Gasteiger partial charge in [0.25, 0.3) is 5.69 Å². The zero-order chi connectivity index (χ0) is 24.2. The number of fused-ring (bicyclic) bond motifs is 1. The molecule has 1 unspecified atom stereocenters. The van der Waals surface area contributed by atoms with E-state index in [1.165, 1.54) is 22.6 Å². The number of amides is 1. The number of benzene rings is 2. The summed E-state index contributed by atoms with van der Waals surface area (Å²) >= 11 is 1.69. The minimum atomic E-state index is -0.463. The van der Waals surface area contributed by atoms with Crippen LogP contribution in [0.1, 0.15) is 34.0 Å². The first kappa shape index (κ1) is 23.7. The SMILES string of the molecule is COc1cc2c(cc1OC)C(c1cccs1)N(CCC(=O)Nc1cc([N+](=O)[O-])ccc1C)CC2. The van der Waals surface area contributed by atoms with Crippen molar-refractivity contribution in [3.8, 4) is 11.5 Å². The van der Waals surface area contributed by atoms with Gasteiger partial charge in [-0.1, -0.05) is 12.1 Å². The normalized spacial score (nSPS) is 15.4. The number of rotatable bonds is 8. The molecule has 0 fully saturated rings. The van der Waals surface area contributed by atoms with E-state index in [9.17, 15) is 14.9 Å². The molecular formula is C25H27N3O5S. The van der Waals surface area contributed by atoms with Crippen molar-refractivity contribution in [3.05, 3.63) is 79.5 Å². The molecule has 34 heavy (non-hydrogen) atoms. The molecule has 3 aromatic rings. The van der Waals surface area contributed by atoms with Gasteiger partial charge in [0, 0.05) is 36.5 Å². The van der Waals surface area contributed by atoms with Gasteiger partial charge >= 0.3 is 0 Å². The summed E-state index contributed by atoms with van der Waals surface area (Å²) in [6.07, 6.45) is 1.11. The Labute approximate surface area is 202 Å². The zero-order valence-corrected chi connectivity index (χ0v) is 20.2. The Morgan fingerprint density at radius 1 is 1.21 bits per heavy atom. The van der Waals surface area contributed by atoms with Crippen LogP contribution in [-0.2, 0) is 11.2 Å². The number of aryl methyl sites for hydroxylation is 1. The van der Waals surface area contributed by atoms with E-state index < -0.39 is 4.92 Å². The third-order valence-corrected chi connectivity index (χ3v) is 7.04. The van der Waals surface area contributed by atoms with Crippen LogP contribution in [0.25, 0.3) is 0 Å². The van der Waals surface area contributed by atoms with Gasteiger partial charge in [-0.2, -0.15) is 0 Å². The predicted molar refractivity (Wildman–Crippen MR) is 132 cm³/mol. The van der Waals surface area contributed by atoms with Crippen LogP contribution < -0.4 is 14.8 Å². The fourth-order valence-electron chi connectivity index (χ4n) is 4.33. The monoisotopic (exact) mass is 481 g/mol. The van der Waals surface area contributed by atoms with Crippen LogP contribution in [0.2, 0.25) is 0 Å². The maximum Gasteiger partial charge on any atom is 0.271 e. The average molecular weight is 482 g/mol. The summed E-state index contributed by atoms with van der Waals surface area (Å²) in [7, 11) is 3.27. The summed E-state index contributed by atoms with van der Waals surface area (Å²) in [4.78, 5) is 26.9. The van der Waals surface area contributed by atoms with E-state index in [4.69, 9.17) is 9.47 Å². The van der Waals surface area contributed by atoms with Crippen molar-refractivity contribution >= 4 is 28.6 Å². The standard InChI is InChI=1S/C25H27N3O5S/c1-16-6-7-18(28(30)31)14-20(16)26-24(29)9-11-27-10-8-17-13-21(32-2)22(33-3)15-19(17)25(27)23-5-4-12-34-23/h4-7,12-15,25H,8-11H2,1-3H3,(H,26,29). The maximum atomic E-state index is 12.8. The first-order chi connectivity index (χ1) is 16.4. The zero-order valence-electron chi connectivity index (χ0n) is 19.4. The number of hydrogen-bond donors (Lipinski definition) is 1. The number of ether oxygens (including phenoxy) is 2. The molecule has 8 nitrogen and oxygen atoms in total. The third-order valence-electron chi connectivity index (χ3n) is 6.12. The quantitative estimate of drug-likeness (QED) is 0.361. The molecule has 0 aliphatic carbocycles. The number of thiophene rings is 1. The van der Waals surface area contributed by atoms with Gasteiger partial charge in [0.1, 0.15) is 0 Å². The second kappa shape index (κ2) is 10.2. The molecule has 1 amide bonds. The topological polar surface area (TPSA) is 93.9 Å². The number of nitrogens with one attached hydrogen (secondary N) is 1. The van der Waals surface area contributed by atoms with Gasteiger partial charge < -0.3 is 14.8 Å². The van der Waals surface area contributed by atoms with E-state index in [1.54, 1.807) is 31.6 Å². The van der Waals surface area contributed by atoms with Crippen molar-refractivity contribution in [1.82, 2.24) is 4.90 Å². The highest BCUT2D eigenvalue weighted by molar-refractivity contribution is 7.10. The lowest BCUT2D eigenvalue weighted by molar-refractivity contribution is -0.384. The van der Waals surface area contributed by atoms with Crippen molar-refractivity contribution in [2.24, 2.45) is 0 Å². The smallest absolute Gasteiger partial charge is 0.271 e. The second-order valence-corrected chi connectivity index (χ2v) is 9.14. The Bertz CT molecular complexity index is 1200. The van der Waals surface area contributed by atoms with Crippen LogP contribution in [0.5, 0.6) is 11.5 Å². The molecule has 1 N–H and O–H groups in total. The molecule has 2 heterocycles. The van der Waals surface area contributed by atoms with Crippen LogP contribution in [-0.4, -0.2) is 43.0 Å². The lowest BCUT2D eigenvalue weighted by Crippen LogP contribution is -2.37. The number of anilines is 1. The van der Waals surface area contributed by atoms with Gasteiger partial charge in [-0.25, -0.2) is 0 Å². The minimum absolute atomic E-state index is 0.0101. The molecule has 0 radical (unpaired) electrons. The molecular weight excluding hydrogens is 454 g/mol. The van der Waals surface area contributed by atoms with E-state index in [0.717, 1.165) is 24.1 Å². The lowest BCUT2D eigenvalue weighted by Gasteiger charge is -2.37. The van der Waals surface area contributed by atoms with E-state index in [-0.39, 0.29) is 24.1 Å². The van der Waals surface area contributed by atoms with Gasteiger partial charge in [-0.3, -0.25) is 19.8 Å². The average Bonchev–Trinajstić information content (AvgIpc) is 3.37. The van der Waals surface area contributed by atoms with Crippen molar-refractivity contribution in [2.45, 2.75) is 25.8 Å². The van der Waals surface area contributed by atoms with Gasteiger partial charge in [-0.15, -0.1) is 11.3 Å². The number of methoxy groups -OCH3 is 2. The summed E-state index contributed by atoms with van der Waals surface area (Å²) in [6.45, 7) is 3.17. The van der Waals surface area contributed by atoms with Crippen molar-refractivity contribution in [1.29, 1.82) is 0 Å². The number of nitrogens with zero attached hydrogens (tertiary/aromatic N) is 2. The predicted octanol–water partition coefficient (Wildman–Crippen LogP) is 4.96. The second-order valence-electron chi connectivity index (χ2n) is 8.16. The highest BCUT2D eigenvalue weighted by atomic mass is 32.1. The first-order valence-electron chi connectivity index (χ1n) is 11.0. The lowest BCUT2D eigenvalue weighted by atomic mass is 9.90. The first-order valence-corrected chi connectivity index (χ1v) is 11.9. The van der Waals surface area contributed by atoms with Crippen LogP contribution in [0, 0.1) is 17.0 Å². The largest absolute Gasteiger partial charge is 0.493 e. The van der Waals surface area contributed by atoms with Crippen molar-refractivity contribution < 1.29 is 19.2 Å². The highest BCUT2D eigenvalue weighted by Gasteiger charge is 2.31. The summed E-state index contributed by atoms with van der Waals surface area (Å²) in [5, 5.41) is 16.0. The molecule has 0 bridgehead atoms. The summed E-state index contributed by atoms with van der Waals surface area (Å²) in [5.74, 6) is 1.22. The Morgan fingerprint density at radius 2 is 1.97 bits per heavy atom. The van der Waals surface area contributed by atoms with Crippen molar-refractivity contribution in [2.75, 3.05) is 32.6 Å². The molecule has 178 valence electrons. The molecule has 1 aliphatic heterocycles. The molecule has 1 aromatic heterocycles. The number of carbonyl (C=O) groups is 1. The Morgan fingerprint density at radius 3 is 2.65 bits per heavy atom. The fraction of sp³-hybridized carbons (Fsp3) is 0.320. The van der Waals surface area contributed by atoms with E-state index in [2.05, 4.69) is 21.7 Å². The number of hydrogen-bond acceptors (Lipinski definition) is 7. The van der Waals surface area contributed by atoms with Crippen molar-refractivity contribution in [3.63, 3.8) is 0 Å². The highest BCUT2D eigenvalue weighted by Crippen LogP contribution is 2.42. The van der Waals surface area contributed by atoms with Crippen LogP contribution in [0.15, 0.2) is 47.8 Å². The molecule has 9 heteroatoms. The Kier molecular flexibility index (Phi) is 7.14. The molecule has 1 aliphatic rings.